The summed E-state index contributed by atoms with van der Waals surface area (Å²) >= 11 is 0. The number of aliphatic carboxylic acids is 1. The number of hydrogen-bond acceptors (Lipinski definition) is 3. The molecule has 0 bridgehead atoms. The maximum Gasteiger partial charge on any atom is 0.328 e. The van der Waals surface area contributed by atoms with Crippen LogP contribution in [0.2, 0.25) is 0 Å². The molecule has 4 heteroatoms. The van der Waals surface area contributed by atoms with Crippen LogP contribution in [0.1, 0.15) is 25.7 Å². The van der Waals surface area contributed by atoms with E-state index in [1.54, 1.807) is 7.11 Å². The molecule has 0 saturated heterocycles. The van der Waals surface area contributed by atoms with E-state index in [0.717, 1.165) is 42.7 Å². The summed E-state index contributed by atoms with van der Waals surface area (Å²) in [5.74, 6) is 0.00137. The van der Waals surface area contributed by atoms with Crippen molar-refractivity contribution in [1.29, 1.82) is 0 Å². The van der Waals surface area contributed by atoms with Crippen LogP contribution in [0.3, 0.4) is 0 Å². The highest BCUT2D eigenvalue weighted by Gasteiger charge is 2.17. The number of carboxylic acids is 1. The number of nitrogens with one attached hydrogen (secondary N) is 1. The van der Waals surface area contributed by atoms with Crippen molar-refractivity contribution >= 4 is 11.7 Å². The molecule has 0 unspecified atom stereocenters. The van der Waals surface area contributed by atoms with Gasteiger partial charge in [-0.15, -0.1) is 0 Å². The highest BCUT2D eigenvalue weighted by Crippen LogP contribution is 2.27. The molecule has 1 fully saturated rings. The van der Waals surface area contributed by atoms with Gasteiger partial charge < -0.3 is 15.2 Å². The molecule has 1 aliphatic rings. The van der Waals surface area contributed by atoms with Crippen LogP contribution >= 0.6 is 0 Å². The minimum atomic E-state index is -0.839. The Labute approximate surface area is 113 Å². The second-order valence-electron chi connectivity index (χ2n) is 4.79. The molecule has 19 heavy (non-hydrogen) atoms. The number of benzene rings is 1. The summed E-state index contributed by atoms with van der Waals surface area (Å²) < 4.78 is 5.19. The van der Waals surface area contributed by atoms with Gasteiger partial charge in [-0.1, -0.05) is 11.6 Å². The minimum Gasteiger partial charge on any atom is -0.497 e. The lowest BCUT2D eigenvalue weighted by atomic mass is 9.90. The first kappa shape index (κ1) is 13.5. The van der Waals surface area contributed by atoms with Crippen LogP contribution in [0.5, 0.6) is 5.75 Å². The number of rotatable bonds is 4. The zero-order valence-corrected chi connectivity index (χ0v) is 11.1. The topological polar surface area (TPSA) is 58.6 Å². The Balaban J connectivity index is 1.90. The van der Waals surface area contributed by atoms with Crippen molar-refractivity contribution in [1.82, 2.24) is 0 Å². The maximum atomic E-state index is 10.6. The fraction of sp³-hybridized carbons (Fsp3) is 0.400. The number of carboxylic acid groups (broad SMARTS) is 1. The zero-order valence-electron chi connectivity index (χ0n) is 11.1. The molecule has 0 aliphatic heterocycles. The van der Waals surface area contributed by atoms with E-state index < -0.39 is 5.97 Å². The van der Waals surface area contributed by atoms with Gasteiger partial charge in [-0.3, -0.25) is 0 Å². The van der Waals surface area contributed by atoms with Gasteiger partial charge in [0.05, 0.1) is 7.11 Å². The monoisotopic (exact) mass is 261 g/mol. The molecule has 1 aromatic carbocycles. The minimum absolute atomic E-state index is 0.401. The lowest BCUT2D eigenvalue weighted by molar-refractivity contribution is -0.131. The van der Waals surface area contributed by atoms with Gasteiger partial charge in [0, 0.05) is 23.9 Å². The maximum absolute atomic E-state index is 10.6. The molecule has 2 N–H and O–H groups in total. The molecule has 1 saturated carbocycles. The van der Waals surface area contributed by atoms with E-state index in [2.05, 4.69) is 5.32 Å². The largest absolute Gasteiger partial charge is 0.497 e. The summed E-state index contributed by atoms with van der Waals surface area (Å²) in [6.45, 7) is 0. The van der Waals surface area contributed by atoms with Crippen LogP contribution < -0.4 is 10.1 Å². The highest BCUT2D eigenvalue weighted by atomic mass is 16.5. The van der Waals surface area contributed by atoms with Crippen molar-refractivity contribution in [3.8, 4) is 5.75 Å². The Hall–Kier alpha value is -1.97. The van der Waals surface area contributed by atoms with Crippen LogP contribution in [-0.4, -0.2) is 24.2 Å². The van der Waals surface area contributed by atoms with Gasteiger partial charge in [-0.05, 0) is 37.8 Å². The molecule has 4 nitrogen and oxygen atoms in total. The van der Waals surface area contributed by atoms with E-state index in [1.165, 1.54) is 6.08 Å². The van der Waals surface area contributed by atoms with Gasteiger partial charge in [-0.2, -0.15) is 0 Å². The predicted octanol–water partition coefficient (Wildman–Crippen LogP) is 3.06. The van der Waals surface area contributed by atoms with Crippen molar-refractivity contribution in [2.45, 2.75) is 31.7 Å². The summed E-state index contributed by atoms with van der Waals surface area (Å²) in [6.07, 6.45) is 5.00. The molecular formula is C15H19NO3. The fourth-order valence-corrected chi connectivity index (χ4v) is 2.40. The number of hydrogen-bond donors (Lipinski definition) is 2. The summed E-state index contributed by atoms with van der Waals surface area (Å²) in [7, 11) is 1.66. The first-order valence-corrected chi connectivity index (χ1v) is 6.50. The van der Waals surface area contributed by atoms with Crippen LogP contribution in [-0.2, 0) is 4.79 Å². The predicted molar refractivity (Wildman–Crippen MR) is 74.6 cm³/mol. The molecule has 2 rings (SSSR count). The zero-order chi connectivity index (χ0) is 13.7. The number of allylic oxidation sites excluding steroid dienone is 1. The third-order valence-electron chi connectivity index (χ3n) is 3.40. The average molecular weight is 261 g/mol. The van der Waals surface area contributed by atoms with Crippen molar-refractivity contribution in [2.24, 2.45) is 0 Å². The number of ether oxygens (including phenoxy) is 1. The second-order valence-corrected chi connectivity index (χ2v) is 4.79. The van der Waals surface area contributed by atoms with E-state index in [4.69, 9.17) is 9.84 Å². The van der Waals surface area contributed by atoms with E-state index >= 15 is 0 Å². The van der Waals surface area contributed by atoms with Crippen LogP contribution in [0, 0.1) is 0 Å². The Morgan fingerprint density at radius 2 is 2.16 bits per heavy atom. The number of anilines is 1. The van der Waals surface area contributed by atoms with Gasteiger partial charge in [0.25, 0.3) is 0 Å². The van der Waals surface area contributed by atoms with Crippen molar-refractivity contribution in [3.63, 3.8) is 0 Å². The molecule has 0 spiro atoms. The van der Waals surface area contributed by atoms with E-state index in [9.17, 15) is 4.79 Å². The van der Waals surface area contributed by atoms with Crippen molar-refractivity contribution in [2.75, 3.05) is 12.4 Å². The smallest absolute Gasteiger partial charge is 0.328 e. The second kappa shape index (κ2) is 6.27. The molecule has 0 atom stereocenters. The van der Waals surface area contributed by atoms with E-state index in [1.807, 2.05) is 24.3 Å². The van der Waals surface area contributed by atoms with Crippen LogP contribution in [0.4, 0.5) is 5.69 Å². The first-order chi connectivity index (χ1) is 9.17. The molecular weight excluding hydrogens is 242 g/mol. The van der Waals surface area contributed by atoms with E-state index in [0.29, 0.717) is 6.04 Å². The SMILES string of the molecule is COc1cccc(NC2CCC(=CC(=O)O)CC2)c1. The normalized spacial score (nSPS) is 18.8. The quantitative estimate of drug-likeness (QED) is 0.818. The number of carbonyl (C=O) groups is 1. The summed E-state index contributed by atoms with van der Waals surface area (Å²) in [4.78, 5) is 10.6. The van der Waals surface area contributed by atoms with Gasteiger partial charge in [0.2, 0.25) is 0 Å². The molecule has 1 aliphatic carbocycles. The van der Waals surface area contributed by atoms with Gasteiger partial charge in [-0.25, -0.2) is 4.79 Å². The van der Waals surface area contributed by atoms with Crippen LogP contribution in [0.15, 0.2) is 35.9 Å². The first-order valence-electron chi connectivity index (χ1n) is 6.50. The molecule has 102 valence electrons. The summed E-state index contributed by atoms with van der Waals surface area (Å²) in [5.41, 5.74) is 2.09. The third-order valence-corrected chi connectivity index (χ3v) is 3.40. The Kier molecular flexibility index (Phi) is 4.44. The van der Waals surface area contributed by atoms with Crippen molar-refractivity contribution < 1.29 is 14.6 Å². The third kappa shape index (κ3) is 4.02. The molecule has 0 aromatic heterocycles. The summed E-state index contributed by atoms with van der Waals surface area (Å²) in [5, 5.41) is 12.2. The van der Waals surface area contributed by atoms with Gasteiger partial charge in [0.1, 0.15) is 5.75 Å². The number of methoxy groups -OCH3 is 1. The van der Waals surface area contributed by atoms with Crippen molar-refractivity contribution in [3.05, 3.63) is 35.9 Å². The van der Waals surface area contributed by atoms with Crippen LogP contribution in [0.25, 0.3) is 0 Å². The average Bonchev–Trinajstić information content (AvgIpc) is 2.41. The lowest BCUT2D eigenvalue weighted by Crippen LogP contribution is -2.23. The Bertz CT molecular complexity index is 472. The standard InChI is InChI=1S/C15H19NO3/c1-19-14-4-2-3-13(10-14)16-12-7-5-11(6-8-12)9-15(17)18/h2-4,9-10,12,16H,5-8H2,1H3,(H,17,18). The molecule has 0 amide bonds. The highest BCUT2D eigenvalue weighted by molar-refractivity contribution is 5.80. The fourth-order valence-electron chi connectivity index (χ4n) is 2.40. The van der Waals surface area contributed by atoms with Gasteiger partial charge in [0.15, 0.2) is 0 Å². The Morgan fingerprint density at radius 3 is 2.79 bits per heavy atom. The summed E-state index contributed by atoms with van der Waals surface area (Å²) in [6, 6.07) is 8.27. The lowest BCUT2D eigenvalue weighted by Gasteiger charge is -2.25. The van der Waals surface area contributed by atoms with Gasteiger partial charge >= 0.3 is 5.97 Å². The molecule has 1 aromatic rings. The molecule has 0 radical (unpaired) electrons. The Morgan fingerprint density at radius 1 is 1.42 bits per heavy atom. The molecule has 0 heterocycles. The van der Waals surface area contributed by atoms with E-state index in [-0.39, 0.29) is 0 Å².